The molecule has 0 unspecified atom stereocenters. The van der Waals surface area contributed by atoms with Crippen molar-refractivity contribution in [3.05, 3.63) is 70.3 Å². The molecule has 1 amide bonds. The second-order valence-corrected chi connectivity index (χ2v) is 8.25. The number of nitrogens with zero attached hydrogens (tertiary/aromatic N) is 2. The number of carbonyl (C=O) groups excluding carboxylic acids is 1. The Morgan fingerprint density at radius 2 is 1.88 bits per heavy atom. The Bertz CT molecular complexity index is 1140. The SMILES string of the molecule is CCCOc1ccc(O[C@@H]2CCCC[C@H]2NC(=O)c2cnc3ccc(C)cn3c2=O)cc1. The molecule has 2 atom stereocenters. The molecule has 4 rings (SSSR count). The standard InChI is InChI=1S/C25H29N3O4/c1-3-14-31-18-9-11-19(12-10-18)32-22-7-5-4-6-21(22)27-24(29)20-15-26-23-13-8-17(2)16-28(23)25(20)30/h8-13,15-16,21-22H,3-7,14H2,1-2H3,(H,27,29)/t21-,22-/m1/s1. The van der Waals surface area contributed by atoms with E-state index < -0.39 is 5.91 Å². The highest BCUT2D eigenvalue weighted by molar-refractivity contribution is 5.94. The molecule has 0 spiro atoms. The fraction of sp³-hybridized carbons (Fsp3) is 0.400. The molecule has 3 aromatic rings. The van der Waals surface area contributed by atoms with E-state index in [1.54, 1.807) is 12.3 Å². The maximum Gasteiger partial charge on any atom is 0.270 e. The number of aryl methyl sites for hydroxylation is 1. The van der Waals surface area contributed by atoms with E-state index in [0.29, 0.717) is 12.3 Å². The second kappa shape index (κ2) is 9.85. The van der Waals surface area contributed by atoms with Crippen LogP contribution in [0.25, 0.3) is 5.65 Å². The molecule has 1 N–H and O–H groups in total. The van der Waals surface area contributed by atoms with E-state index in [-0.39, 0.29) is 23.3 Å². The van der Waals surface area contributed by atoms with E-state index in [2.05, 4.69) is 17.2 Å². The first kappa shape index (κ1) is 21.9. The largest absolute Gasteiger partial charge is 0.494 e. The average Bonchev–Trinajstić information content (AvgIpc) is 2.80. The minimum atomic E-state index is -0.415. The molecule has 168 valence electrons. The highest BCUT2D eigenvalue weighted by atomic mass is 16.5. The van der Waals surface area contributed by atoms with Gasteiger partial charge in [0.1, 0.15) is 28.8 Å². The van der Waals surface area contributed by atoms with Crippen molar-refractivity contribution >= 4 is 11.6 Å². The third kappa shape index (κ3) is 4.93. The Labute approximate surface area is 187 Å². The van der Waals surface area contributed by atoms with Crippen LogP contribution in [-0.2, 0) is 0 Å². The molecule has 1 aliphatic carbocycles. The zero-order chi connectivity index (χ0) is 22.5. The molecule has 0 bridgehead atoms. The van der Waals surface area contributed by atoms with Crippen molar-refractivity contribution in [3.8, 4) is 11.5 Å². The predicted octanol–water partition coefficient (Wildman–Crippen LogP) is 3.91. The number of aromatic nitrogens is 2. The van der Waals surface area contributed by atoms with Crippen molar-refractivity contribution < 1.29 is 14.3 Å². The van der Waals surface area contributed by atoms with E-state index in [0.717, 1.165) is 49.2 Å². The number of pyridine rings is 1. The lowest BCUT2D eigenvalue weighted by Gasteiger charge is -2.32. The van der Waals surface area contributed by atoms with Crippen LogP contribution < -0.4 is 20.3 Å². The van der Waals surface area contributed by atoms with Crippen LogP contribution in [0, 0.1) is 6.92 Å². The van der Waals surface area contributed by atoms with E-state index in [9.17, 15) is 9.59 Å². The zero-order valence-corrected chi connectivity index (χ0v) is 18.5. The quantitative estimate of drug-likeness (QED) is 0.608. The number of hydrogen-bond donors (Lipinski definition) is 1. The van der Waals surface area contributed by atoms with Gasteiger partial charge in [-0.1, -0.05) is 19.4 Å². The van der Waals surface area contributed by atoms with Crippen LogP contribution in [0.15, 0.2) is 53.6 Å². The van der Waals surface area contributed by atoms with Crippen molar-refractivity contribution in [3.63, 3.8) is 0 Å². The van der Waals surface area contributed by atoms with Crippen molar-refractivity contribution in [2.24, 2.45) is 0 Å². The van der Waals surface area contributed by atoms with Gasteiger partial charge in [-0.25, -0.2) is 4.98 Å². The number of ether oxygens (including phenoxy) is 2. The predicted molar refractivity (Wildman–Crippen MR) is 123 cm³/mol. The van der Waals surface area contributed by atoms with Crippen LogP contribution in [0.1, 0.15) is 54.9 Å². The van der Waals surface area contributed by atoms with Crippen LogP contribution >= 0.6 is 0 Å². The first-order valence-electron chi connectivity index (χ1n) is 11.2. The first-order valence-corrected chi connectivity index (χ1v) is 11.2. The molecule has 2 heterocycles. The van der Waals surface area contributed by atoms with Crippen LogP contribution in [-0.4, -0.2) is 34.0 Å². The molecule has 7 heteroatoms. The van der Waals surface area contributed by atoms with Gasteiger partial charge in [-0.3, -0.25) is 14.0 Å². The minimum Gasteiger partial charge on any atom is -0.494 e. The van der Waals surface area contributed by atoms with Gasteiger partial charge in [-0.2, -0.15) is 0 Å². The minimum absolute atomic E-state index is 0.0369. The highest BCUT2D eigenvalue weighted by Gasteiger charge is 2.29. The molecule has 0 aliphatic heterocycles. The maximum atomic E-state index is 13.0. The molecule has 1 saturated carbocycles. The lowest BCUT2D eigenvalue weighted by Crippen LogP contribution is -2.48. The Morgan fingerprint density at radius 1 is 1.12 bits per heavy atom. The van der Waals surface area contributed by atoms with Gasteiger partial charge in [-0.05, 0) is 68.5 Å². The van der Waals surface area contributed by atoms with Crippen molar-refractivity contribution in [1.82, 2.24) is 14.7 Å². The first-order chi connectivity index (χ1) is 15.5. The summed E-state index contributed by atoms with van der Waals surface area (Å²) in [5.74, 6) is 1.14. The summed E-state index contributed by atoms with van der Waals surface area (Å²) >= 11 is 0. The Kier molecular flexibility index (Phi) is 6.73. The van der Waals surface area contributed by atoms with Gasteiger partial charge in [0.2, 0.25) is 0 Å². The van der Waals surface area contributed by atoms with E-state index in [1.807, 2.05) is 37.3 Å². The normalized spacial score (nSPS) is 18.3. The lowest BCUT2D eigenvalue weighted by atomic mass is 9.92. The van der Waals surface area contributed by atoms with E-state index >= 15 is 0 Å². The molecule has 2 aromatic heterocycles. The molecule has 0 saturated heterocycles. The number of carbonyl (C=O) groups is 1. The van der Waals surface area contributed by atoms with Crippen LogP contribution in [0.3, 0.4) is 0 Å². The number of nitrogens with one attached hydrogen (secondary N) is 1. The lowest BCUT2D eigenvalue weighted by molar-refractivity contribution is 0.0796. The highest BCUT2D eigenvalue weighted by Crippen LogP contribution is 2.26. The Hall–Kier alpha value is -3.35. The molecule has 7 nitrogen and oxygen atoms in total. The van der Waals surface area contributed by atoms with Crippen LogP contribution in [0.4, 0.5) is 0 Å². The second-order valence-electron chi connectivity index (χ2n) is 8.25. The summed E-state index contributed by atoms with van der Waals surface area (Å²) in [7, 11) is 0. The monoisotopic (exact) mass is 435 g/mol. The summed E-state index contributed by atoms with van der Waals surface area (Å²) in [6, 6.07) is 11.0. The Balaban J connectivity index is 1.47. The summed E-state index contributed by atoms with van der Waals surface area (Å²) in [4.78, 5) is 30.1. The summed E-state index contributed by atoms with van der Waals surface area (Å²) < 4.78 is 13.3. The van der Waals surface area contributed by atoms with Crippen molar-refractivity contribution in [1.29, 1.82) is 0 Å². The summed E-state index contributed by atoms with van der Waals surface area (Å²) in [6.07, 6.45) is 7.53. The molecular weight excluding hydrogens is 406 g/mol. The van der Waals surface area contributed by atoms with Crippen LogP contribution in [0.2, 0.25) is 0 Å². The molecule has 1 aliphatic rings. The maximum absolute atomic E-state index is 13.0. The molecule has 1 aromatic carbocycles. The molecule has 32 heavy (non-hydrogen) atoms. The van der Waals surface area contributed by atoms with Crippen molar-refractivity contribution in [2.45, 2.75) is 58.1 Å². The number of fused-ring (bicyclic) bond motifs is 1. The number of amides is 1. The third-order valence-electron chi connectivity index (χ3n) is 5.70. The summed E-state index contributed by atoms with van der Waals surface area (Å²) in [5, 5.41) is 3.02. The van der Waals surface area contributed by atoms with Gasteiger partial charge in [-0.15, -0.1) is 0 Å². The van der Waals surface area contributed by atoms with Gasteiger partial charge in [0, 0.05) is 12.4 Å². The number of rotatable bonds is 7. The van der Waals surface area contributed by atoms with Gasteiger partial charge in [0.15, 0.2) is 0 Å². The summed E-state index contributed by atoms with van der Waals surface area (Å²) in [5.41, 5.74) is 1.11. The zero-order valence-electron chi connectivity index (χ0n) is 18.5. The van der Waals surface area contributed by atoms with E-state index in [1.165, 1.54) is 10.6 Å². The van der Waals surface area contributed by atoms with E-state index in [4.69, 9.17) is 9.47 Å². The molecule has 1 fully saturated rings. The smallest absolute Gasteiger partial charge is 0.270 e. The van der Waals surface area contributed by atoms with Crippen LogP contribution in [0.5, 0.6) is 11.5 Å². The Morgan fingerprint density at radius 3 is 2.66 bits per heavy atom. The van der Waals surface area contributed by atoms with Gasteiger partial charge in [0.05, 0.1) is 12.6 Å². The third-order valence-corrected chi connectivity index (χ3v) is 5.70. The fourth-order valence-corrected chi connectivity index (χ4v) is 4.00. The van der Waals surface area contributed by atoms with Gasteiger partial charge < -0.3 is 14.8 Å². The fourth-order valence-electron chi connectivity index (χ4n) is 4.00. The number of hydrogen-bond acceptors (Lipinski definition) is 5. The number of benzene rings is 1. The molecular formula is C25H29N3O4. The topological polar surface area (TPSA) is 81.9 Å². The molecule has 0 radical (unpaired) electrons. The van der Waals surface area contributed by atoms with Gasteiger partial charge >= 0.3 is 0 Å². The summed E-state index contributed by atoms with van der Waals surface area (Å²) in [6.45, 7) is 4.64. The average molecular weight is 436 g/mol. The van der Waals surface area contributed by atoms with Gasteiger partial charge in [0.25, 0.3) is 11.5 Å². The van der Waals surface area contributed by atoms with Crippen molar-refractivity contribution in [2.75, 3.05) is 6.61 Å².